The summed E-state index contributed by atoms with van der Waals surface area (Å²) in [5.74, 6) is 1.21. The molecule has 2 aromatic rings. The Labute approximate surface area is 110 Å². The Kier molecular flexibility index (Phi) is 4.35. The van der Waals surface area contributed by atoms with Crippen LogP contribution in [-0.2, 0) is 4.79 Å². The molecule has 0 aliphatic rings. The lowest BCUT2D eigenvalue weighted by atomic mass is 10.3. The van der Waals surface area contributed by atoms with E-state index in [0.29, 0.717) is 43.3 Å². The minimum Gasteiger partial charge on any atom is -0.493 e. The summed E-state index contributed by atoms with van der Waals surface area (Å²) in [4.78, 5) is 15.5. The molecule has 0 unspecified atom stereocenters. The summed E-state index contributed by atoms with van der Waals surface area (Å²) < 4.78 is 10.9. The average molecular weight is 263 g/mol. The average Bonchev–Trinajstić information content (AvgIpc) is 2.75. The predicted octanol–water partition coefficient (Wildman–Crippen LogP) is 0.980. The number of hydrogen-bond donors (Lipinski definition) is 2. The summed E-state index contributed by atoms with van der Waals surface area (Å²) in [5, 5.41) is 2.68. The standard InChI is InChI=1S/C13H17N3O3/c1-9-16-11-3-2-10(8-12(11)19-9)18-7-4-13(17)15-6-5-14/h2-3,8H,4-7,14H2,1H3,(H,15,17). The molecule has 0 radical (unpaired) electrons. The van der Waals surface area contributed by atoms with Gasteiger partial charge >= 0.3 is 0 Å². The first kappa shape index (κ1) is 13.4. The highest BCUT2D eigenvalue weighted by Crippen LogP contribution is 2.21. The van der Waals surface area contributed by atoms with E-state index in [1.807, 2.05) is 12.1 Å². The second-order valence-electron chi connectivity index (χ2n) is 4.10. The van der Waals surface area contributed by atoms with Crippen molar-refractivity contribution in [3.63, 3.8) is 0 Å². The van der Waals surface area contributed by atoms with E-state index in [0.717, 1.165) is 5.52 Å². The van der Waals surface area contributed by atoms with E-state index in [9.17, 15) is 4.79 Å². The van der Waals surface area contributed by atoms with Gasteiger partial charge in [-0.1, -0.05) is 0 Å². The van der Waals surface area contributed by atoms with E-state index < -0.39 is 0 Å². The van der Waals surface area contributed by atoms with E-state index >= 15 is 0 Å². The van der Waals surface area contributed by atoms with Crippen molar-refractivity contribution < 1.29 is 13.9 Å². The number of hydrogen-bond acceptors (Lipinski definition) is 5. The number of ether oxygens (including phenoxy) is 1. The van der Waals surface area contributed by atoms with Crippen LogP contribution < -0.4 is 15.8 Å². The van der Waals surface area contributed by atoms with Crippen LogP contribution in [0.5, 0.6) is 5.75 Å². The maximum atomic E-state index is 11.3. The van der Waals surface area contributed by atoms with Gasteiger partial charge in [0.25, 0.3) is 0 Å². The highest BCUT2D eigenvalue weighted by Gasteiger charge is 2.05. The normalized spacial score (nSPS) is 10.6. The minimum absolute atomic E-state index is 0.0676. The lowest BCUT2D eigenvalue weighted by molar-refractivity contribution is -0.121. The van der Waals surface area contributed by atoms with Crippen molar-refractivity contribution >= 4 is 17.0 Å². The van der Waals surface area contributed by atoms with Crippen LogP contribution in [0.15, 0.2) is 22.6 Å². The molecule has 0 saturated heterocycles. The second-order valence-corrected chi connectivity index (χ2v) is 4.10. The number of rotatable bonds is 6. The van der Waals surface area contributed by atoms with Crippen molar-refractivity contribution in [1.29, 1.82) is 0 Å². The molecule has 6 nitrogen and oxygen atoms in total. The number of benzene rings is 1. The number of nitrogens with zero attached hydrogens (tertiary/aromatic N) is 1. The Morgan fingerprint density at radius 1 is 1.53 bits per heavy atom. The van der Waals surface area contributed by atoms with Crippen molar-refractivity contribution in [3.8, 4) is 5.75 Å². The first-order valence-corrected chi connectivity index (χ1v) is 6.16. The van der Waals surface area contributed by atoms with Gasteiger partial charge in [-0.05, 0) is 12.1 Å². The Bertz CT molecular complexity index is 565. The Balaban J connectivity index is 1.86. The number of nitrogens with two attached hydrogens (primary N) is 1. The third-order valence-corrected chi connectivity index (χ3v) is 2.53. The van der Waals surface area contributed by atoms with E-state index in [2.05, 4.69) is 10.3 Å². The SMILES string of the molecule is Cc1nc2ccc(OCCC(=O)NCCN)cc2o1. The number of carbonyl (C=O) groups excluding carboxylic acids is 1. The van der Waals surface area contributed by atoms with E-state index in [-0.39, 0.29) is 5.91 Å². The first-order chi connectivity index (χ1) is 9.19. The molecule has 0 bridgehead atoms. The van der Waals surface area contributed by atoms with Crippen molar-refractivity contribution in [3.05, 3.63) is 24.1 Å². The van der Waals surface area contributed by atoms with E-state index in [4.69, 9.17) is 14.9 Å². The molecule has 0 saturated carbocycles. The predicted molar refractivity (Wildman–Crippen MR) is 70.9 cm³/mol. The van der Waals surface area contributed by atoms with Crippen LogP contribution in [0, 0.1) is 6.92 Å². The monoisotopic (exact) mass is 263 g/mol. The zero-order valence-corrected chi connectivity index (χ0v) is 10.8. The summed E-state index contributed by atoms with van der Waals surface area (Å²) in [5.41, 5.74) is 6.77. The van der Waals surface area contributed by atoms with E-state index in [1.165, 1.54) is 0 Å². The molecule has 3 N–H and O–H groups in total. The molecule has 1 aromatic heterocycles. The molecule has 0 spiro atoms. The smallest absolute Gasteiger partial charge is 0.223 e. The van der Waals surface area contributed by atoms with Gasteiger partial charge in [0.2, 0.25) is 5.91 Å². The maximum absolute atomic E-state index is 11.3. The van der Waals surface area contributed by atoms with Gasteiger partial charge in [-0.3, -0.25) is 4.79 Å². The molecule has 0 atom stereocenters. The molecule has 6 heteroatoms. The molecular formula is C13H17N3O3. The van der Waals surface area contributed by atoms with Crippen molar-refractivity contribution in [2.75, 3.05) is 19.7 Å². The molecule has 1 amide bonds. The summed E-state index contributed by atoms with van der Waals surface area (Å²) >= 11 is 0. The number of oxazole rings is 1. The van der Waals surface area contributed by atoms with E-state index in [1.54, 1.807) is 13.0 Å². The van der Waals surface area contributed by atoms with Gasteiger partial charge in [0.05, 0.1) is 13.0 Å². The van der Waals surface area contributed by atoms with Crippen LogP contribution in [0.3, 0.4) is 0 Å². The number of aromatic nitrogens is 1. The zero-order chi connectivity index (χ0) is 13.7. The summed E-state index contributed by atoms with van der Waals surface area (Å²) in [7, 11) is 0. The third-order valence-electron chi connectivity index (χ3n) is 2.53. The Morgan fingerprint density at radius 3 is 3.16 bits per heavy atom. The van der Waals surface area contributed by atoms with Gasteiger partial charge in [-0.25, -0.2) is 4.98 Å². The van der Waals surface area contributed by atoms with Crippen molar-refractivity contribution in [2.24, 2.45) is 5.73 Å². The number of amides is 1. The molecule has 19 heavy (non-hydrogen) atoms. The van der Waals surface area contributed by atoms with Crippen LogP contribution in [0.25, 0.3) is 11.1 Å². The summed E-state index contributed by atoms with van der Waals surface area (Å²) in [6.45, 7) is 3.04. The summed E-state index contributed by atoms with van der Waals surface area (Å²) in [6.07, 6.45) is 0.299. The highest BCUT2D eigenvalue weighted by atomic mass is 16.5. The first-order valence-electron chi connectivity index (χ1n) is 6.16. The van der Waals surface area contributed by atoms with Crippen LogP contribution >= 0.6 is 0 Å². The van der Waals surface area contributed by atoms with Gasteiger partial charge < -0.3 is 20.2 Å². The lowest BCUT2D eigenvalue weighted by Crippen LogP contribution is -2.29. The van der Waals surface area contributed by atoms with Gasteiger partial charge in [-0.2, -0.15) is 0 Å². The van der Waals surface area contributed by atoms with Crippen LogP contribution in [0.4, 0.5) is 0 Å². The maximum Gasteiger partial charge on any atom is 0.223 e. The number of nitrogens with one attached hydrogen (secondary N) is 1. The molecule has 102 valence electrons. The molecule has 0 aliphatic carbocycles. The minimum atomic E-state index is -0.0676. The number of fused-ring (bicyclic) bond motifs is 1. The Hall–Kier alpha value is -2.08. The molecule has 0 fully saturated rings. The third kappa shape index (κ3) is 3.69. The molecule has 0 aliphatic heterocycles. The van der Waals surface area contributed by atoms with Crippen LogP contribution in [0.1, 0.15) is 12.3 Å². The van der Waals surface area contributed by atoms with Crippen molar-refractivity contribution in [2.45, 2.75) is 13.3 Å². The highest BCUT2D eigenvalue weighted by molar-refractivity contribution is 5.76. The van der Waals surface area contributed by atoms with Gasteiger partial charge in [0.1, 0.15) is 11.3 Å². The topological polar surface area (TPSA) is 90.4 Å². The second kappa shape index (κ2) is 6.19. The van der Waals surface area contributed by atoms with Crippen LogP contribution in [0.2, 0.25) is 0 Å². The molecule has 2 rings (SSSR count). The molecule has 1 aromatic carbocycles. The van der Waals surface area contributed by atoms with Gasteiger partial charge in [0, 0.05) is 26.1 Å². The summed E-state index contributed by atoms with van der Waals surface area (Å²) in [6, 6.07) is 5.41. The van der Waals surface area contributed by atoms with Crippen molar-refractivity contribution in [1.82, 2.24) is 10.3 Å². The van der Waals surface area contributed by atoms with Gasteiger partial charge in [-0.15, -0.1) is 0 Å². The number of carbonyl (C=O) groups is 1. The largest absolute Gasteiger partial charge is 0.493 e. The van der Waals surface area contributed by atoms with Crippen LogP contribution in [-0.4, -0.2) is 30.6 Å². The number of aryl methyl sites for hydroxylation is 1. The quantitative estimate of drug-likeness (QED) is 0.810. The lowest BCUT2D eigenvalue weighted by Gasteiger charge is -2.06. The molecular weight excluding hydrogens is 246 g/mol. The fourth-order valence-corrected chi connectivity index (χ4v) is 1.67. The fourth-order valence-electron chi connectivity index (χ4n) is 1.67. The van der Waals surface area contributed by atoms with Gasteiger partial charge in [0.15, 0.2) is 11.5 Å². The fraction of sp³-hybridized carbons (Fsp3) is 0.385. The molecule has 1 heterocycles. The Morgan fingerprint density at radius 2 is 2.37 bits per heavy atom. The zero-order valence-electron chi connectivity index (χ0n) is 10.8.